The lowest BCUT2D eigenvalue weighted by Gasteiger charge is -2.17. The Labute approximate surface area is 126 Å². The lowest BCUT2D eigenvalue weighted by molar-refractivity contribution is -0.137. The Morgan fingerprint density at radius 1 is 1.55 bits per heavy atom. The summed E-state index contributed by atoms with van der Waals surface area (Å²) in [5.41, 5.74) is 0.603. The summed E-state index contributed by atoms with van der Waals surface area (Å²) in [6.07, 6.45) is 5.57. The molecule has 1 aromatic heterocycles. The number of aliphatic carboxylic acids is 1. The number of aromatic nitrogens is 1. The number of carboxylic acids is 1. The van der Waals surface area contributed by atoms with Gasteiger partial charge in [-0.05, 0) is 41.3 Å². The van der Waals surface area contributed by atoms with Gasteiger partial charge in [0, 0.05) is 22.8 Å². The Morgan fingerprint density at radius 2 is 2.25 bits per heavy atom. The molecule has 1 amide bonds. The van der Waals surface area contributed by atoms with Gasteiger partial charge in [0.1, 0.15) is 5.69 Å². The summed E-state index contributed by atoms with van der Waals surface area (Å²) < 4.78 is 2.85. The molecule has 6 heteroatoms. The molecule has 0 radical (unpaired) electrons. The Hall–Kier alpha value is -1.30. The average molecular weight is 343 g/mol. The van der Waals surface area contributed by atoms with Gasteiger partial charge in [-0.2, -0.15) is 0 Å². The minimum atomic E-state index is -0.887. The highest BCUT2D eigenvalue weighted by Crippen LogP contribution is 2.37. The van der Waals surface area contributed by atoms with Crippen molar-refractivity contribution >= 4 is 27.8 Å². The van der Waals surface area contributed by atoms with Crippen molar-refractivity contribution in [1.82, 2.24) is 9.88 Å². The third kappa shape index (κ3) is 3.85. The first-order chi connectivity index (χ1) is 9.51. The van der Waals surface area contributed by atoms with E-state index in [1.54, 1.807) is 6.07 Å². The summed E-state index contributed by atoms with van der Waals surface area (Å²) in [5, 5.41) is 11.7. The largest absolute Gasteiger partial charge is 0.481 e. The standard InChI is InChI=1S/C14H19BrN2O3/c1-2-3-10(7-13(18)19)16-14(20)12-6-9(15)8-17(12)11-4-5-11/h6,8,10-11H,2-5,7H2,1H3,(H,16,20)(H,18,19). The Balaban J connectivity index is 2.07. The highest BCUT2D eigenvalue weighted by Gasteiger charge is 2.28. The number of carbonyl (C=O) groups is 2. The van der Waals surface area contributed by atoms with E-state index in [2.05, 4.69) is 21.2 Å². The SMILES string of the molecule is CCCC(CC(=O)O)NC(=O)c1cc(Br)cn1C1CC1. The third-order valence-corrected chi connectivity index (χ3v) is 3.82. The lowest BCUT2D eigenvalue weighted by Crippen LogP contribution is -2.37. The minimum Gasteiger partial charge on any atom is -0.481 e. The predicted molar refractivity (Wildman–Crippen MR) is 78.8 cm³/mol. The first-order valence-electron chi connectivity index (χ1n) is 6.91. The summed E-state index contributed by atoms with van der Waals surface area (Å²) in [4.78, 5) is 23.2. The highest BCUT2D eigenvalue weighted by molar-refractivity contribution is 9.10. The Kier molecular flexibility index (Phi) is 4.86. The maximum atomic E-state index is 12.3. The molecule has 110 valence electrons. The molecular weight excluding hydrogens is 324 g/mol. The van der Waals surface area contributed by atoms with Crippen LogP contribution in [0, 0.1) is 0 Å². The topological polar surface area (TPSA) is 71.3 Å². The van der Waals surface area contributed by atoms with E-state index in [1.807, 2.05) is 17.7 Å². The van der Waals surface area contributed by atoms with Crippen LogP contribution in [0.15, 0.2) is 16.7 Å². The monoisotopic (exact) mass is 342 g/mol. The van der Waals surface area contributed by atoms with Crippen molar-refractivity contribution in [3.63, 3.8) is 0 Å². The van der Waals surface area contributed by atoms with Gasteiger partial charge >= 0.3 is 5.97 Å². The molecule has 1 unspecified atom stereocenters. The van der Waals surface area contributed by atoms with Gasteiger partial charge in [0.05, 0.1) is 6.42 Å². The zero-order valence-corrected chi connectivity index (χ0v) is 13.0. The molecule has 20 heavy (non-hydrogen) atoms. The van der Waals surface area contributed by atoms with Crippen molar-refractivity contribution in [3.8, 4) is 0 Å². The van der Waals surface area contributed by atoms with Crippen molar-refractivity contribution in [1.29, 1.82) is 0 Å². The first-order valence-corrected chi connectivity index (χ1v) is 7.70. The second-order valence-electron chi connectivity index (χ2n) is 5.24. The molecule has 0 bridgehead atoms. The van der Waals surface area contributed by atoms with E-state index in [4.69, 9.17) is 5.11 Å². The van der Waals surface area contributed by atoms with Crippen LogP contribution in [-0.4, -0.2) is 27.6 Å². The summed E-state index contributed by atoms with van der Waals surface area (Å²) in [7, 11) is 0. The van der Waals surface area contributed by atoms with Crippen LogP contribution in [0.2, 0.25) is 0 Å². The number of hydrogen-bond donors (Lipinski definition) is 2. The molecule has 1 aliphatic carbocycles. The highest BCUT2D eigenvalue weighted by atomic mass is 79.9. The van der Waals surface area contributed by atoms with Crippen LogP contribution in [0.5, 0.6) is 0 Å². The van der Waals surface area contributed by atoms with Crippen molar-refractivity contribution in [2.24, 2.45) is 0 Å². The second kappa shape index (κ2) is 6.43. The molecule has 0 saturated heterocycles. The number of hydrogen-bond acceptors (Lipinski definition) is 2. The summed E-state index contributed by atoms with van der Waals surface area (Å²) >= 11 is 3.39. The first kappa shape index (κ1) is 15.1. The van der Waals surface area contributed by atoms with Gasteiger partial charge in [-0.3, -0.25) is 9.59 Å². The molecular formula is C14H19BrN2O3. The zero-order chi connectivity index (χ0) is 14.7. The van der Waals surface area contributed by atoms with E-state index < -0.39 is 5.97 Å². The average Bonchev–Trinajstić information content (AvgIpc) is 3.11. The van der Waals surface area contributed by atoms with Crippen LogP contribution in [0.3, 0.4) is 0 Å². The van der Waals surface area contributed by atoms with E-state index in [0.717, 1.165) is 23.7 Å². The Morgan fingerprint density at radius 3 is 2.80 bits per heavy atom. The second-order valence-corrected chi connectivity index (χ2v) is 6.15. The molecule has 2 rings (SSSR count). The fraction of sp³-hybridized carbons (Fsp3) is 0.571. The van der Waals surface area contributed by atoms with Crippen LogP contribution < -0.4 is 5.32 Å². The van der Waals surface area contributed by atoms with Crippen LogP contribution in [0.1, 0.15) is 55.6 Å². The summed E-state index contributed by atoms with van der Waals surface area (Å²) in [6.45, 7) is 1.98. The molecule has 5 nitrogen and oxygen atoms in total. The molecule has 1 aromatic rings. The van der Waals surface area contributed by atoms with Crippen LogP contribution in [0.25, 0.3) is 0 Å². The number of carboxylic acid groups (broad SMARTS) is 1. The maximum Gasteiger partial charge on any atom is 0.305 e. The predicted octanol–water partition coefficient (Wildman–Crippen LogP) is 2.96. The fourth-order valence-corrected chi connectivity index (χ4v) is 2.76. The van der Waals surface area contributed by atoms with Crippen molar-refractivity contribution in [2.75, 3.05) is 0 Å². The number of halogens is 1. The molecule has 1 saturated carbocycles. The minimum absolute atomic E-state index is 0.0368. The molecule has 0 aromatic carbocycles. The fourth-order valence-electron chi connectivity index (χ4n) is 2.33. The number of rotatable bonds is 7. The van der Waals surface area contributed by atoms with Gasteiger partial charge < -0.3 is 15.0 Å². The molecule has 0 aliphatic heterocycles. The van der Waals surface area contributed by atoms with Gasteiger partial charge in [-0.15, -0.1) is 0 Å². The van der Waals surface area contributed by atoms with E-state index in [9.17, 15) is 9.59 Å². The summed E-state index contributed by atoms with van der Waals surface area (Å²) in [6, 6.07) is 1.88. The zero-order valence-electron chi connectivity index (χ0n) is 11.4. The van der Waals surface area contributed by atoms with Gasteiger partial charge in [-0.25, -0.2) is 0 Å². The van der Waals surface area contributed by atoms with Crippen molar-refractivity contribution in [2.45, 2.75) is 51.1 Å². The van der Waals surface area contributed by atoms with Crippen LogP contribution >= 0.6 is 15.9 Å². The van der Waals surface area contributed by atoms with Gasteiger partial charge in [0.25, 0.3) is 5.91 Å². The van der Waals surface area contributed by atoms with Crippen LogP contribution in [0.4, 0.5) is 0 Å². The molecule has 1 heterocycles. The molecule has 1 aliphatic rings. The van der Waals surface area contributed by atoms with E-state index in [0.29, 0.717) is 18.2 Å². The number of nitrogens with one attached hydrogen (secondary N) is 1. The van der Waals surface area contributed by atoms with Gasteiger partial charge in [0.15, 0.2) is 0 Å². The molecule has 2 N–H and O–H groups in total. The number of nitrogens with zero attached hydrogens (tertiary/aromatic N) is 1. The number of amides is 1. The van der Waals surface area contributed by atoms with Crippen LogP contribution in [-0.2, 0) is 4.79 Å². The van der Waals surface area contributed by atoms with Gasteiger partial charge in [0.2, 0.25) is 0 Å². The molecule has 1 atom stereocenters. The normalized spacial score (nSPS) is 15.9. The quantitative estimate of drug-likeness (QED) is 0.800. The van der Waals surface area contributed by atoms with Crippen molar-refractivity contribution in [3.05, 3.63) is 22.4 Å². The van der Waals surface area contributed by atoms with E-state index in [1.165, 1.54) is 0 Å². The van der Waals surface area contributed by atoms with E-state index >= 15 is 0 Å². The smallest absolute Gasteiger partial charge is 0.305 e. The number of carbonyl (C=O) groups excluding carboxylic acids is 1. The van der Waals surface area contributed by atoms with E-state index in [-0.39, 0.29) is 18.4 Å². The lowest BCUT2D eigenvalue weighted by atomic mass is 10.1. The summed E-state index contributed by atoms with van der Waals surface area (Å²) in [5.74, 6) is -1.08. The molecule has 1 fully saturated rings. The van der Waals surface area contributed by atoms with Gasteiger partial charge in [-0.1, -0.05) is 13.3 Å². The van der Waals surface area contributed by atoms with Crippen molar-refractivity contribution < 1.29 is 14.7 Å². The maximum absolute atomic E-state index is 12.3. The Bertz CT molecular complexity index is 509. The molecule has 0 spiro atoms. The third-order valence-electron chi connectivity index (χ3n) is 3.38.